The molecule has 12 heavy (non-hydrogen) atoms. The van der Waals surface area contributed by atoms with E-state index >= 15 is 0 Å². The average molecular weight is 201 g/mol. The molecular weight excluding hydrogens is 194 g/mol. The summed E-state index contributed by atoms with van der Waals surface area (Å²) in [6.07, 6.45) is 0. The first-order valence-electron chi connectivity index (χ1n) is 3.11. The SMILES string of the molecule is CC(=O)C1=C(C(C)=O)C(=O)N1.[Ti]. The Morgan fingerprint density at radius 3 is 1.83 bits per heavy atom. The van der Waals surface area contributed by atoms with E-state index in [4.69, 9.17) is 0 Å². The Morgan fingerprint density at radius 2 is 1.67 bits per heavy atom. The van der Waals surface area contributed by atoms with Gasteiger partial charge in [0.25, 0.3) is 5.91 Å². The molecule has 4 nitrogen and oxygen atoms in total. The molecule has 5 heteroatoms. The van der Waals surface area contributed by atoms with E-state index in [0.717, 1.165) is 0 Å². The molecule has 0 aliphatic carbocycles. The second kappa shape index (κ2) is 3.78. The van der Waals surface area contributed by atoms with E-state index < -0.39 is 5.91 Å². The maximum Gasteiger partial charge on any atom is 0.261 e. The molecule has 0 aromatic carbocycles. The summed E-state index contributed by atoms with van der Waals surface area (Å²) in [6.45, 7) is 2.56. The number of amides is 1. The largest absolute Gasteiger partial charge is 0.318 e. The molecule has 0 fully saturated rings. The fourth-order valence-corrected chi connectivity index (χ4v) is 0.890. The molecule has 0 aromatic rings. The number of hydrogen-bond donors (Lipinski definition) is 1. The van der Waals surface area contributed by atoms with Crippen molar-refractivity contribution in [1.82, 2.24) is 5.32 Å². The van der Waals surface area contributed by atoms with Crippen molar-refractivity contribution in [3.8, 4) is 0 Å². The topological polar surface area (TPSA) is 63.2 Å². The molecule has 1 N–H and O–H groups in total. The van der Waals surface area contributed by atoms with Crippen LogP contribution in [0.3, 0.4) is 0 Å². The molecule has 0 radical (unpaired) electrons. The van der Waals surface area contributed by atoms with E-state index in [1.807, 2.05) is 0 Å². The molecule has 1 aliphatic rings. The van der Waals surface area contributed by atoms with Crippen molar-refractivity contribution in [1.29, 1.82) is 0 Å². The third-order valence-corrected chi connectivity index (χ3v) is 1.42. The number of rotatable bonds is 2. The normalized spacial score (nSPS) is 14.3. The predicted molar refractivity (Wildman–Crippen MR) is 36.5 cm³/mol. The minimum atomic E-state index is -0.456. The van der Waals surface area contributed by atoms with E-state index in [9.17, 15) is 14.4 Å². The zero-order valence-corrected chi connectivity index (χ0v) is 8.29. The Hall–Kier alpha value is -0.736. The first-order chi connectivity index (χ1) is 5.04. The summed E-state index contributed by atoms with van der Waals surface area (Å²) in [5.41, 5.74) is 0.139. The van der Waals surface area contributed by atoms with Gasteiger partial charge in [-0.3, -0.25) is 14.4 Å². The van der Waals surface area contributed by atoms with Crippen molar-refractivity contribution in [2.45, 2.75) is 13.8 Å². The van der Waals surface area contributed by atoms with Crippen LogP contribution in [0.1, 0.15) is 13.8 Å². The van der Waals surface area contributed by atoms with Gasteiger partial charge in [0.2, 0.25) is 0 Å². The third-order valence-electron chi connectivity index (χ3n) is 1.42. The first kappa shape index (κ1) is 11.3. The van der Waals surface area contributed by atoms with Gasteiger partial charge in [-0.05, 0) is 6.92 Å². The smallest absolute Gasteiger partial charge is 0.261 e. The molecule has 0 aromatic heterocycles. The summed E-state index contributed by atoms with van der Waals surface area (Å²) in [5.74, 6) is -1.10. The summed E-state index contributed by atoms with van der Waals surface area (Å²) < 4.78 is 0. The fraction of sp³-hybridized carbons (Fsp3) is 0.286. The number of Topliss-reactive ketones (excluding diaryl/α,β-unsaturated/α-hetero) is 2. The molecular formula is C7H7NO3Ti. The van der Waals surface area contributed by atoms with Crippen LogP contribution in [0.4, 0.5) is 0 Å². The molecule has 0 atom stereocenters. The van der Waals surface area contributed by atoms with Crippen molar-refractivity contribution in [3.05, 3.63) is 11.3 Å². The van der Waals surface area contributed by atoms with Crippen LogP contribution in [0.25, 0.3) is 0 Å². The van der Waals surface area contributed by atoms with Gasteiger partial charge in [-0.2, -0.15) is 0 Å². The van der Waals surface area contributed by atoms with Gasteiger partial charge in [0.15, 0.2) is 11.6 Å². The molecule has 1 heterocycles. The standard InChI is InChI=1S/C7H7NO3.Ti/c1-3(9)5-6(4(2)10)8-7(5)11;/h1-2H3,(H,8,11);. The van der Waals surface area contributed by atoms with Crippen molar-refractivity contribution >= 4 is 17.5 Å². The van der Waals surface area contributed by atoms with Gasteiger partial charge in [-0.1, -0.05) is 0 Å². The number of allylic oxidation sites excluding steroid dienone is 1. The molecule has 0 unspecified atom stereocenters. The number of nitrogens with one attached hydrogen (secondary N) is 1. The number of carbonyl (C=O) groups is 3. The van der Waals surface area contributed by atoms with Crippen LogP contribution in [0.15, 0.2) is 11.3 Å². The van der Waals surface area contributed by atoms with Crippen LogP contribution in [0.2, 0.25) is 0 Å². The molecule has 0 saturated heterocycles. The van der Waals surface area contributed by atoms with Gasteiger partial charge in [-0.15, -0.1) is 0 Å². The molecule has 0 spiro atoms. The van der Waals surface area contributed by atoms with Crippen molar-refractivity contribution < 1.29 is 36.1 Å². The zero-order chi connectivity index (χ0) is 8.59. The van der Waals surface area contributed by atoms with Crippen LogP contribution in [0.5, 0.6) is 0 Å². The van der Waals surface area contributed by atoms with E-state index in [2.05, 4.69) is 5.32 Å². The average Bonchev–Trinajstić information content (AvgIpc) is 1.80. The van der Waals surface area contributed by atoms with Crippen molar-refractivity contribution in [2.24, 2.45) is 0 Å². The maximum atomic E-state index is 10.7. The predicted octanol–water partition coefficient (Wildman–Crippen LogP) is -0.454. The summed E-state index contributed by atoms with van der Waals surface area (Å²) in [7, 11) is 0. The van der Waals surface area contributed by atoms with Gasteiger partial charge in [0.1, 0.15) is 11.3 Å². The molecule has 62 valence electrons. The summed E-state index contributed by atoms with van der Waals surface area (Å²) in [5, 5.41) is 2.24. The van der Waals surface area contributed by atoms with Crippen molar-refractivity contribution in [2.75, 3.05) is 0 Å². The molecule has 0 bridgehead atoms. The fourth-order valence-electron chi connectivity index (χ4n) is 0.890. The minimum absolute atomic E-state index is 0. The van der Waals surface area contributed by atoms with Gasteiger partial charge in [0, 0.05) is 28.6 Å². The summed E-state index contributed by atoms with van der Waals surface area (Å²) in [6, 6.07) is 0. The second-order valence-corrected chi connectivity index (χ2v) is 2.32. The summed E-state index contributed by atoms with van der Waals surface area (Å²) in [4.78, 5) is 32.0. The van der Waals surface area contributed by atoms with Crippen LogP contribution in [0, 0.1) is 0 Å². The molecule has 0 saturated carbocycles. The Balaban J connectivity index is 0.00000121. The maximum absolute atomic E-state index is 10.7. The van der Waals surface area contributed by atoms with Crippen LogP contribution in [-0.4, -0.2) is 17.5 Å². The third kappa shape index (κ3) is 1.70. The Labute approximate surface area is 84.3 Å². The van der Waals surface area contributed by atoms with Gasteiger partial charge in [0.05, 0.1) is 0 Å². The van der Waals surface area contributed by atoms with E-state index in [0.29, 0.717) is 0 Å². The number of hydrogen-bond acceptors (Lipinski definition) is 3. The number of ketones is 2. The van der Waals surface area contributed by atoms with Gasteiger partial charge in [-0.25, -0.2) is 0 Å². The Morgan fingerprint density at radius 1 is 1.17 bits per heavy atom. The quantitative estimate of drug-likeness (QED) is 0.485. The minimum Gasteiger partial charge on any atom is -0.318 e. The molecule has 1 amide bonds. The monoisotopic (exact) mass is 201 g/mol. The van der Waals surface area contributed by atoms with Gasteiger partial charge < -0.3 is 5.32 Å². The van der Waals surface area contributed by atoms with Crippen LogP contribution >= 0.6 is 0 Å². The van der Waals surface area contributed by atoms with Crippen molar-refractivity contribution in [3.63, 3.8) is 0 Å². The van der Waals surface area contributed by atoms with Crippen LogP contribution < -0.4 is 5.32 Å². The van der Waals surface area contributed by atoms with E-state index in [-0.39, 0.29) is 44.6 Å². The summed E-state index contributed by atoms with van der Waals surface area (Å²) >= 11 is 0. The Bertz CT molecular complexity index is 291. The second-order valence-electron chi connectivity index (χ2n) is 2.32. The molecule has 1 aliphatic heterocycles. The molecule has 1 rings (SSSR count). The van der Waals surface area contributed by atoms with E-state index in [1.165, 1.54) is 13.8 Å². The zero-order valence-electron chi connectivity index (χ0n) is 6.72. The van der Waals surface area contributed by atoms with Gasteiger partial charge >= 0.3 is 0 Å². The number of carbonyl (C=O) groups excluding carboxylic acids is 3. The van der Waals surface area contributed by atoms with E-state index in [1.54, 1.807) is 0 Å². The first-order valence-corrected chi connectivity index (χ1v) is 3.11. The Kier molecular flexibility index (Phi) is 3.55. The van der Waals surface area contributed by atoms with Crippen LogP contribution in [-0.2, 0) is 36.1 Å².